The van der Waals surface area contributed by atoms with Gasteiger partial charge >= 0.3 is 0 Å². The van der Waals surface area contributed by atoms with Crippen LogP contribution in [0.15, 0.2) is 24.3 Å². The Balaban J connectivity index is 2.02. The number of ether oxygens (including phenoxy) is 1. The van der Waals surface area contributed by atoms with Crippen molar-refractivity contribution in [2.45, 2.75) is 13.0 Å². The smallest absolute Gasteiger partial charge is 0.150 e. The number of aromatic nitrogens is 2. The molecule has 0 atom stereocenters. The van der Waals surface area contributed by atoms with E-state index in [1.165, 1.54) is 0 Å². The van der Waals surface area contributed by atoms with Gasteiger partial charge in [-0.1, -0.05) is 24.3 Å². The molecule has 2 heterocycles. The first-order chi connectivity index (χ1) is 8.38. The van der Waals surface area contributed by atoms with Gasteiger partial charge in [-0.05, 0) is 0 Å². The van der Waals surface area contributed by atoms with Gasteiger partial charge in [-0.2, -0.15) is 5.10 Å². The molecule has 0 saturated carbocycles. The largest absolute Gasteiger partial charge is 0.376 e. The molecule has 0 bridgehead atoms. The van der Waals surface area contributed by atoms with Gasteiger partial charge in [0, 0.05) is 28.8 Å². The van der Waals surface area contributed by atoms with Crippen LogP contribution in [0.4, 0.5) is 0 Å². The Bertz CT molecular complexity index is 543. The van der Waals surface area contributed by atoms with Crippen molar-refractivity contribution < 1.29 is 9.53 Å². The van der Waals surface area contributed by atoms with Crippen LogP contribution in [0.25, 0.3) is 11.3 Å². The van der Waals surface area contributed by atoms with Crippen molar-refractivity contribution in [1.29, 1.82) is 0 Å². The van der Waals surface area contributed by atoms with Crippen molar-refractivity contribution in [3.63, 3.8) is 0 Å². The predicted molar refractivity (Wildman–Crippen MR) is 62.8 cm³/mol. The second kappa shape index (κ2) is 4.14. The van der Waals surface area contributed by atoms with E-state index in [2.05, 4.69) is 10.2 Å². The van der Waals surface area contributed by atoms with Crippen molar-refractivity contribution in [1.82, 2.24) is 10.2 Å². The highest BCUT2D eigenvalue weighted by molar-refractivity contribution is 5.76. The number of rotatable bonds is 2. The van der Waals surface area contributed by atoms with Crippen molar-refractivity contribution in [2.24, 2.45) is 0 Å². The van der Waals surface area contributed by atoms with E-state index in [0.717, 1.165) is 41.8 Å². The molecule has 0 fully saturated rings. The van der Waals surface area contributed by atoms with E-state index < -0.39 is 0 Å². The molecule has 1 aliphatic rings. The number of benzene rings is 1. The average molecular weight is 228 g/mol. The highest BCUT2D eigenvalue weighted by Gasteiger charge is 2.18. The van der Waals surface area contributed by atoms with Gasteiger partial charge in [-0.15, -0.1) is 0 Å². The molecular weight excluding hydrogens is 216 g/mol. The van der Waals surface area contributed by atoms with Crippen LogP contribution < -0.4 is 0 Å². The van der Waals surface area contributed by atoms with Crippen LogP contribution in [0.3, 0.4) is 0 Å². The van der Waals surface area contributed by atoms with Crippen molar-refractivity contribution >= 4 is 6.29 Å². The van der Waals surface area contributed by atoms with Gasteiger partial charge < -0.3 is 4.74 Å². The third-order valence-corrected chi connectivity index (χ3v) is 3.02. The van der Waals surface area contributed by atoms with Gasteiger partial charge in [0.2, 0.25) is 0 Å². The Hall–Kier alpha value is -1.94. The first-order valence-electron chi connectivity index (χ1n) is 5.58. The normalized spacial score (nSPS) is 14.4. The monoisotopic (exact) mass is 228 g/mol. The summed E-state index contributed by atoms with van der Waals surface area (Å²) in [6.07, 6.45) is 1.72. The van der Waals surface area contributed by atoms with E-state index in [1.807, 2.05) is 12.1 Å². The zero-order chi connectivity index (χ0) is 11.7. The number of aldehydes is 1. The second-order valence-corrected chi connectivity index (χ2v) is 4.07. The van der Waals surface area contributed by atoms with Gasteiger partial charge in [0.1, 0.15) is 6.29 Å². The van der Waals surface area contributed by atoms with Crippen molar-refractivity contribution in [2.75, 3.05) is 6.61 Å². The van der Waals surface area contributed by atoms with E-state index in [-0.39, 0.29) is 0 Å². The maximum absolute atomic E-state index is 10.6. The van der Waals surface area contributed by atoms with Gasteiger partial charge in [-0.3, -0.25) is 9.89 Å². The molecule has 3 rings (SSSR count). The lowest BCUT2D eigenvalue weighted by Gasteiger charge is -2.12. The summed E-state index contributed by atoms with van der Waals surface area (Å²) in [7, 11) is 0. The maximum atomic E-state index is 10.6. The Kier molecular flexibility index (Phi) is 2.49. The first kappa shape index (κ1) is 10.2. The highest BCUT2D eigenvalue weighted by atomic mass is 16.5. The van der Waals surface area contributed by atoms with Gasteiger partial charge in [0.25, 0.3) is 0 Å². The van der Waals surface area contributed by atoms with Crippen molar-refractivity contribution in [3.8, 4) is 11.3 Å². The third kappa shape index (κ3) is 1.76. The molecule has 1 N–H and O–H groups in total. The van der Waals surface area contributed by atoms with Crippen LogP contribution in [0.2, 0.25) is 0 Å². The number of nitrogens with zero attached hydrogens (tertiary/aromatic N) is 1. The standard InChI is InChI=1S/C13H12N2O2/c16-7-9-1-3-10(4-2-9)13-11-8-17-6-5-12(11)14-15-13/h1-4,7H,5-6,8H2,(H,14,15). The molecule has 4 nitrogen and oxygen atoms in total. The van der Waals surface area contributed by atoms with Gasteiger partial charge in [-0.25, -0.2) is 0 Å². The number of hydrogen-bond donors (Lipinski definition) is 1. The minimum absolute atomic E-state index is 0.608. The van der Waals surface area contributed by atoms with Crippen LogP contribution in [0, 0.1) is 0 Å². The lowest BCUT2D eigenvalue weighted by atomic mass is 10.0. The number of H-pyrrole nitrogens is 1. The highest BCUT2D eigenvalue weighted by Crippen LogP contribution is 2.27. The molecule has 4 heteroatoms. The molecule has 86 valence electrons. The molecule has 0 amide bonds. The van der Waals surface area contributed by atoms with Crippen LogP contribution >= 0.6 is 0 Å². The molecule has 0 unspecified atom stereocenters. The molecule has 2 aromatic rings. The molecule has 0 radical (unpaired) electrons. The Morgan fingerprint density at radius 2 is 2.12 bits per heavy atom. The fraction of sp³-hybridized carbons (Fsp3) is 0.231. The maximum Gasteiger partial charge on any atom is 0.150 e. The number of carbonyl (C=O) groups excluding carboxylic acids is 1. The summed E-state index contributed by atoms with van der Waals surface area (Å²) in [4.78, 5) is 10.6. The SMILES string of the molecule is O=Cc1ccc(-c2n[nH]c3c2COCC3)cc1. The van der Waals surface area contributed by atoms with E-state index in [4.69, 9.17) is 4.74 Å². The summed E-state index contributed by atoms with van der Waals surface area (Å²) in [5.74, 6) is 0. The minimum atomic E-state index is 0.608. The fourth-order valence-corrected chi connectivity index (χ4v) is 2.07. The Morgan fingerprint density at radius 3 is 2.88 bits per heavy atom. The van der Waals surface area contributed by atoms with Gasteiger partial charge in [0.15, 0.2) is 0 Å². The molecule has 1 aromatic heterocycles. The quantitative estimate of drug-likeness (QED) is 0.799. The average Bonchev–Trinajstić information content (AvgIpc) is 2.83. The summed E-state index contributed by atoms with van der Waals surface area (Å²) in [6.45, 7) is 1.36. The Labute approximate surface area is 98.6 Å². The minimum Gasteiger partial charge on any atom is -0.376 e. The van der Waals surface area contributed by atoms with Crippen LogP contribution in [0.5, 0.6) is 0 Å². The van der Waals surface area contributed by atoms with E-state index >= 15 is 0 Å². The number of hydrogen-bond acceptors (Lipinski definition) is 3. The third-order valence-electron chi connectivity index (χ3n) is 3.02. The lowest BCUT2D eigenvalue weighted by Crippen LogP contribution is -2.08. The van der Waals surface area contributed by atoms with Crippen LogP contribution in [-0.4, -0.2) is 23.1 Å². The fourth-order valence-electron chi connectivity index (χ4n) is 2.07. The van der Waals surface area contributed by atoms with Gasteiger partial charge in [0.05, 0.1) is 18.9 Å². The van der Waals surface area contributed by atoms with E-state index in [9.17, 15) is 4.79 Å². The lowest BCUT2D eigenvalue weighted by molar-refractivity contribution is 0.110. The number of nitrogens with one attached hydrogen (secondary N) is 1. The number of aromatic amines is 1. The summed E-state index contributed by atoms with van der Waals surface area (Å²) in [5, 5.41) is 7.38. The molecular formula is C13H12N2O2. The number of fused-ring (bicyclic) bond motifs is 1. The summed E-state index contributed by atoms with van der Waals surface area (Å²) in [5.41, 5.74) is 4.91. The first-order valence-corrected chi connectivity index (χ1v) is 5.58. The van der Waals surface area contributed by atoms with Crippen LogP contribution in [-0.2, 0) is 17.8 Å². The number of carbonyl (C=O) groups is 1. The van der Waals surface area contributed by atoms with E-state index in [0.29, 0.717) is 12.2 Å². The molecule has 1 aliphatic heterocycles. The Morgan fingerprint density at radius 1 is 1.29 bits per heavy atom. The topological polar surface area (TPSA) is 55.0 Å². The van der Waals surface area contributed by atoms with E-state index in [1.54, 1.807) is 12.1 Å². The molecule has 0 aliphatic carbocycles. The molecule has 17 heavy (non-hydrogen) atoms. The molecule has 0 spiro atoms. The van der Waals surface area contributed by atoms with Crippen molar-refractivity contribution in [3.05, 3.63) is 41.1 Å². The zero-order valence-electron chi connectivity index (χ0n) is 9.27. The summed E-state index contributed by atoms with van der Waals surface area (Å²) in [6, 6.07) is 7.42. The zero-order valence-corrected chi connectivity index (χ0v) is 9.27. The molecule has 0 saturated heterocycles. The second-order valence-electron chi connectivity index (χ2n) is 4.07. The summed E-state index contributed by atoms with van der Waals surface area (Å²) >= 11 is 0. The van der Waals surface area contributed by atoms with Crippen LogP contribution in [0.1, 0.15) is 21.6 Å². The summed E-state index contributed by atoms with van der Waals surface area (Å²) < 4.78 is 5.45. The molecule has 1 aromatic carbocycles. The predicted octanol–water partition coefficient (Wildman–Crippen LogP) is 1.96.